The lowest BCUT2D eigenvalue weighted by molar-refractivity contribution is 0.0939. The summed E-state index contributed by atoms with van der Waals surface area (Å²) in [7, 11) is 0. The molecule has 1 aromatic rings. The van der Waals surface area contributed by atoms with Gasteiger partial charge in [0.25, 0.3) is 5.91 Å². The van der Waals surface area contributed by atoms with E-state index in [1.807, 2.05) is 19.9 Å². The third-order valence-corrected chi connectivity index (χ3v) is 3.06. The second kappa shape index (κ2) is 6.26. The van der Waals surface area contributed by atoms with Crippen molar-refractivity contribution in [3.8, 4) is 0 Å². The number of benzene rings is 1. The van der Waals surface area contributed by atoms with E-state index in [9.17, 15) is 4.79 Å². The number of nitrogens with one attached hydrogen (secondary N) is 1. The predicted octanol–water partition coefficient (Wildman–Crippen LogP) is 3.55. The molecule has 16 heavy (non-hydrogen) atoms. The molecule has 0 bridgehead atoms. The summed E-state index contributed by atoms with van der Waals surface area (Å²) in [5, 5.41) is 4.28. The smallest absolute Gasteiger partial charge is 0.252 e. The Morgan fingerprint density at radius 3 is 2.81 bits per heavy atom. The van der Waals surface area contributed by atoms with Crippen molar-refractivity contribution < 1.29 is 4.79 Å². The number of amides is 1. The maximum Gasteiger partial charge on any atom is 0.252 e. The molecule has 0 spiro atoms. The van der Waals surface area contributed by atoms with Crippen LogP contribution in [0.2, 0.25) is 5.02 Å². The Bertz CT molecular complexity index is 381. The van der Waals surface area contributed by atoms with Crippen LogP contribution in [0.3, 0.4) is 0 Å². The van der Waals surface area contributed by atoms with E-state index in [2.05, 4.69) is 21.2 Å². The summed E-state index contributed by atoms with van der Waals surface area (Å²) >= 11 is 9.36. The molecule has 2 nitrogen and oxygen atoms in total. The van der Waals surface area contributed by atoms with Gasteiger partial charge in [-0.2, -0.15) is 0 Å². The summed E-state index contributed by atoms with van der Waals surface area (Å²) in [5.41, 5.74) is 1.59. The average Bonchev–Trinajstić information content (AvgIpc) is 2.17. The van der Waals surface area contributed by atoms with E-state index in [0.717, 1.165) is 17.3 Å². The van der Waals surface area contributed by atoms with Crippen molar-refractivity contribution in [3.05, 3.63) is 34.3 Å². The van der Waals surface area contributed by atoms with Crippen molar-refractivity contribution in [2.75, 3.05) is 5.33 Å². The summed E-state index contributed by atoms with van der Waals surface area (Å²) in [6.07, 6.45) is 0.898. The first-order chi connectivity index (χ1) is 7.54. The van der Waals surface area contributed by atoms with Gasteiger partial charge in [-0.05, 0) is 38.0 Å². The van der Waals surface area contributed by atoms with Crippen LogP contribution in [0.5, 0.6) is 0 Å². The molecule has 0 aliphatic heterocycles. The highest BCUT2D eigenvalue weighted by molar-refractivity contribution is 9.09. The third-order valence-electron chi connectivity index (χ3n) is 2.29. The standard InChI is InChI=1S/C12H15BrClNO/c1-8-3-4-10(11(14)7-8)12(16)15-9(2)5-6-13/h3-4,7,9H,5-6H2,1-2H3,(H,15,16). The normalized spacial score (nSPS) is 12.2. The number of rotatable bonds is 4. The zero-order valence-electron chi connectivity index (χ0n) is 9.39. The quantitative estimate of drug-likeness (QED) is 0.847. The highest BCUT2D eigenvalue weighted by Crippen LogP contribution is 2.17. The number of aryl methyl sites for hydroxylation is 1. The number of hydrogen-bond acceptors (Lipinski definition) is 1. The fourth-order valence-corrected chi connectivity index (χ4v) is 2.35. The SMILES string of the molecule is Cc1ccc(C(=O)NC(C)CCBr)c(Cl)c1. The van der Waals surface area contributed by atoms with Gasteiger partial charge in [0.15, 0.2) is 0 Å². The fraction of sp³-hybridized carbons (Fsp3) is 0.417. The van der Waals surface area contributed by atoms with Gasteiger partial charge in [0.1, 0.15) is 0 Å². The molecule has 0 aromatic heterocycles. The molecule has 0 radical (unpaired) electrons. The molecule has 1 rings (SSSR count). The van der Waals surface area contributed by atoms with Gasteiger partial charge in [-0.25, -0.2) is 0 Å². The fourth-order valence-electron chi connectivity index (χ4n) is 1.34. The highest BCUT2D eigenvalue weighted by atomic mass is 79.9. The lowest BCUT2D eigenvalue weighted by Crippen LogP contribution is -2.32. The van der Waals surface area contributed by atoms with Crippen LogP contribution in [-0.4, -0.2) is 17.3 Å². The summed E-state index contributed by atoms with van der Waals surface area (Å²) in [5.74, 6) is -0.113. The van der Waals surface area contributed by atoms with Gasteiger partial charge >= 0.3 is 0 Å². The molecular formula is C12H15BrClNO. The summed E-state index contributed by atoms with van der Waals surface area (Å²) < 4.78 is 0. The minimum Gasteiger partial charge on any atom is -0.350 e. The summed E-state index contributed by atoms with van der Waals surface area (Å²) in [6.45, 7) is 3.92. The predicted molar refractivity (Wildman–Crippen MR) is 71.5 cm³/mol. The van der Waals surface area contributed by atoms with Crippen molar-refractivity contribution in [3.63, 3.8) is 0 Å². The summed E-state index contributed by atoms with van der Waals surface area (Å²) in [6, 6.07) is 5.58. The first-order valence-corrected chi connectivity index (χ1v) is 6.67. The number of hydrogen-bond donors (Lipinski definition) is 1. The van der Waals surface area contributed by atoms with E-state index in [1.54, 1.807) is 12.1 Å². The third kappa shape index (κ3) is 3.80. The van der Waals surface area contributed by atoms with E-state index in [4.69, 9.17) is 11.6 Å². The highest BCUT2D eigenvalue weighted by Gasteiger charge is 2.12. The van der Waals surface area contributed by atoms with Crippen LogP contribution in [-0.2, 0) is 0 Å². The molecule has 88 valence electrons. The van der Waals surface area contributed by atoms with Gasteiger partial charge in [-0.1, -0.05) is 33.6 Å². The number of carbonyl (C=O) groups is 1. The Balaban J connectivity index is 2.73. The molecule has 1 atom stereocenters. The minimum absolute atomic E-state index is 0.113. The molecule has 1 N–H and O–H groups in total. The maximum atomic E-state index is 11.9. The number of carbonyl (C=O) groups excluding carboxylic acids is 1. The molecule has 0 fully saturated rings. The van der Waals surface area contributed by atoms with Crippen LogP contribution in [0.1, 0.15) is 29.3 Å². The summed E-state index contributed by atoms with van der Waals surface area (Å²) in [4.78, 5) is 11.9. The van der Waals surface area contributed by atoms with Crippen LogP contribution >= 0.6 is 27.5 Å². The van der Waals surface area contributed by atoms with E-state index < -0.39 is 0 Å². The van der Waals surface area contributed by atoms with E-state index in [-0.39, 0.29) is 11.9 Å². The van der Waals surface area contributed by atoms with Crippen LogP contribution in [0, 0.1) is 6.92 Å². The zero-order valence-corrected chi connectivity index (χ0v) is 11.7. The zero-order chi connectivity index (χ0) is 12.1. The molecule has 0 aliphatic carbocycles. The second-order valence-electron chi connectivity index (χ2n) is 3.84. The Morgan fingerprint density at radius 1 is 1.56 bits per heavy atom. The molecular weight excluding hydrogens is 289 g/mol. The molecule has 0 saturated carbocycles. The van der Waals surface area contributed by atoms with Crippen molar-refractivity contribution >= 4 is 33.4 Å². The van der Waals surface area contributed by atoms with Gasteiger partial charge in [0.05, 0.1) is 10.6 Å². The largest absolute Gasteiger partial charge is 0.350 e. The van der Waals surface area contributed by atoms with E-state index >= 15 is 0 Å². The lowest BCUT2D eigenvalue weighted by Gasteiger charge is -2.13. The molecule has 0 heterocycles. The first-order valence-electron chi connectivity index (χ1n) is 5.17. The second-order valence-corrected chi connectivity index (χ2v) is 5.04. The van der Waals surface area contributed by atoms with Crippen LogP contribution in [0.25, 0.3) is 0 Å². The Morgan fingerprint density at radius 2 is 2.25 bits per heavy atom. The van der Waals surface area contributed by atoms with Crippen LogP contribution in [0.4, 0.5) is 0 Å². The van der Waals surface area contributed by atoms with E-state index in [1.165, 1.54) is 0 Å². The van der Waals surface area contributed by atoms with Gasteiger partial charge < -0.3 is 5.32 Å². The van der Waals surface area contributed by atoms with Gasteiger partial charge in [0, 0.05) is 11.4 Å². The van der Waals surface area contributed by atoms with Crippen molar-refractivity contribution in [2.24, 2.45) is 0 Å². The van der Waals surface area contributed by atoms with Crippen LogP contribution < -0.4 is 5.32 Å². The van der Waals surface area contributed by atoms with Gasteiger partial charge in [0.2, 0.25) is 0 Å². The van der Waals surface area contributed by atoms with Crippen LogP contribution in [0.15, 0.2) is 18.2 Å². The minimum atomic E-state index is -0.113. The maximum absolute atomic E-state index is 11.9. The Labute approximate surface area is 110 Å². The van der Waals surface area contributed by atoms with Crippen molar-refractivity contribution in [1.82, 2.24) is 5.32 Å². The molecule has 0 aliphatic rings. The monoisotopic (exact) mass is 303 g/mol. The van der Waals surface area contributed by atoms with E-state index in [0.29, 0.717) is 10.6 Å². The van der Waals surface area contributed by atoms with Crippen molar-refractivity contribution in [2.45, 2.75) is 26.3 Å². The van der Waals surface area contributed by atoms with Crippen molar-refractivity contribution in [1.29, 1.82) is 0 Å². The number of alkyl halides is 1. The Kier molecular flexibility index (Phi) is 5.29. The molecule has 1 amide bonds. The average molecular weight is 305 g/mol. The first kappa shape index (κ1) is 13.5. The molecule has 0 saturated heterocycles. The van der Waals surface area contributed by atoms with Gasteiger partial charge in [-0.15, -0.1) is 0 Å². The molecule has 4 heteroatoms. The number of halogens is 2. The van der Waals surface area contributed by atoms with Gasteiger partial charge in [-0.3, -0.25) is 4.79 Å². The topological polar surface area (TPSA) is 29.1 Å². The molecule has 1 aromatic carbocycles. The lowest BCUT2D eigenvalue weighted by atomic mass is 10.1. The Hall–Kier alpha value is -0.540. The molecule has 1 unspecified atom stereocenters.